The van der Waals surface area contributed by atoms with Crippen LogP contribution < -0.4 is 5.73 Å². The molecule has 0 aliphatic rings. The standard InChI is InChI=1S/C8H13N/c1-4-6-7(3)8(9)5-2/h4-6H,2,9H2,1,3H3/b6-4-,8-7-. The third-order valence-electron chi connectivity index (χ3n) is 1.09. The van der Waals surface area contributed by atoms with Gasteiger partial charge < -0.3 is 5.73 Å². The monoisotopic (exact) mass is 123 g/mol. The molecule has 0 saturated heterocycles. The molecule has 0 rings (SSSR count). The quantitative estimate of drug-likeness (QED) is 0.558. The van der Waals surface area contributed by atoms with E-state index in [0.717, 1.165) is 11.3 Å². The molecule has 0 aromatic heterocycles. The zero-order valence-corrected chi connectivity index (χ0v) is 6.02. The first kappa shape index (κ1) is 8.02. The topological polar surface area (TPSA) is 26.0 Å². The molecule has 0 spiro atoms. The highest BCUT2D eigenvalue weighted by Crippen LogP contribution is 1.99. The third-order valence-corrected chi connectivity index (χ3v) is 1.09. The van der Waals surface area contributed by atoms with Crippen LogP contribution in [0.4, 0.5) is 0 Å². The Balaban J connectivity index is 4.27. The lowest BCUT2D eigenvalue weighted by Gasteiger charge is -1.94. The van der Waals surface area contributed by atoms with Crippen molar-refractivity contribution in [3.05, 3.63) is 36.1 Å². The van der Waals surface area contributed by atoms with Crippen LogP contribution in [0.2, 0.25) is 0 Å². The molecule has 0 amide bonds. The van der Waals surface area contributed by atoms with Crippen molar-refractivity contribution in [3.63, 3.8) is 0 Å². The van der Waals surface area contributed by atoms with Gasteiger partial charge in [0.25, 0.3) is 0 Å². The van der Waals surface area contributed by atoms with E-state index in [2.05, 4.69) is 6.58 Å². The second-order valence-electron chi connectivity index (χ2n) is 1.84. The van der Waals surface area contributed by atoms with Gasteiger partial charge in [0.15, 0.2) is 0 Å². The highest BCUT2D eigenvalue weighted by atomic mass is 14.6. The Morgan fingerprint density at radius 2 is 2.11 bits per heavy atom. The second-order valence-corrected chi connectivity index (χ2v) is 1.84. The lowest BCUT2D eigenvalue weighted by Crippen LogP contribution is -1.94. The predicted octanol–water partition coefficient (Wildman–Crippen LogP) is 1.98. The predicted molar refractivity (Wildman–Crippen MR) is 41.9 cm³/mol. The zero-order chi connectivity index (χ0) is 7.28. The van der Waals surface area contributed by atoms with Gasteiger partial charge >= 0.3 is 0 Å². The molecule has 0 radical (unpaired) electrons. The van der Waals surface area contributed by atoms with Crippen LogP contribution in [0.1, 0.15) is 13.8 Å². The van der Waals surface area contributed by atoms with Crippen molar-refractivity contribution in [1.82, 2.24) is 0 Å². The maximum Gasteiger partial charge on any atom is 0.0337 e. The van der Waals surface area contributed by atoms with Crippen LogP contribution in [-0.4, -0.2) is 0 Å². The summed E-state index contributed by atoms with van der Waals surface area (Å²) in [6.45, 7) is 7.46. The number of hydrogen-bond acceptors (Lipinski definition) is 1. The largest absolute Gasteiger partial charge is 0.399 e. The lowest BCUT2D eigenvalue weighted by molar-refractivity contribution is 1.32. The Morgan fingerprint density at radius 1 is 1.56 bits per heavy atom. The second kappa shape index (κ2) is 3.96. The molecule has 0 atom stereocenters. The van der Waals surface area contributed by atoms with Crippen molar-refractivity contribution < 1.29 is 0 Å². The van der Waals surface area contributed by atoms with Crippen LogP contribution in [0.5, 0.6) is 0 Å². The van der Waals surface area contributed by atoms with Crippen LogP contribution in [0, 0.1) is 0 Å². The van der Waals surface area contributed by atoms with Crippen LogP contribution in [0.3, 0.4) is 0 Å². The molecule has 0 heterocycles. The molecule has 0 bridgehead atoms. The van der Waals surface area contributed by atoms with E-state index >= 15 is 0 Å². The highest BCUT2D eigenvalue weighted by molar-refractivity contribution is 5.27. The summed E-state index contributed by atoms with van der Waals surface area (Å²) in [5, 5.41) is 0. The van der Waals surface area contributed by atoms with E-state index in [1.807, 2.05) is 26.0 Å². The number of allylic oxidation sites excluding steroid dienone is 4. The molecular weight excluding hydrogens is 110 g/mol. The van der Waals surface area contributed by atoms with Gasteiger partial charge in [-0.3, -0.25) is 0 Å². The molecule has 2 N–H and O–H groups in total. The van der Waals surface area contributed by atoms with E-state index in [4.69, 9.17) is 5.73 Å². The Hall–Kier alpha value is -0.980. The maximum atomic E-state index is 5.51. The van der Waals surface area contributed by atoms with Gasteiger partial charge in [-0.15, -0.1) is 0 Å². The molecule has 0 aromatic rings. The Labute approximate surface area is 56.6 Å². The van der Waals surface area contributed by atoms with Crippen molar-refractivity contribution in [1.29, 1.82) is 0 Å². The number of hydrogen-bond donors (Lipinski definition) is 1. The third kappa shape index (κ3) is 2.75. The summed E-state index contributed by atoms with van der Waals surface area (Å²) in [5.74, 6) is 0. The van der Waals surface area contributed by atoms with Gasteiger partial charge in [0.05, 0.1) is 0 Å². The first-order valence-electron chi connectivity index (χ1n) is 2.93. The number of nitrogens with two attached hydrogens (primary N) is 1. The molecule has 0 fully saturated rings. The maximum absolute atomic E-state index is 5.51. The van der Waals surface area contributed by atoms with E-state index in [1.54, 1.807) is 6.08 Å². The molecule has 1 heteroatoms. The van der Waals surface area contributed by atoms with Crippen LogP contribution in [0.25, 0.3) is 0 Å². The SMILES string of the molecule is C=C/C(N)=C(C)/C=C\C. The minimum absolute atomic E-state index is 0.744. The van der Waals surface area contributed by atoms with Crippen LogP contribution in [-0.2, 0) is 0 Å². The average molecular weight is 123 g/mol. The van der Waals surface area contributed by atoms with Gasteiger partial charge in [-0.2, -0.15) is 0 Å². The minimum Gasteiger partial charge on any atom is -0.399 e. The fourth-order valence-electron chi connectivity index (χ4n) is 0.507. The first-order valence-corrected chi connectivity index (χ1v) is 2.93. The van der Waals surface area contributed by atoms with E-state index < -0.39 is 0 Å². The molecule has 0 saturated carbocycles. The molecule has 0 unspecified atom stereocenters. The van der Waals surface area contributed by atoms with Gasteiger partial charge in [-0.25, -0.2) is 0 Å². The molecule has 1 nitrogen and oxygen atoms in total. The fourth-order valence-corrected chi connectivity index (χ4v) is 0.507. The first-order chi connectivity index (χ1) is 4.22. The lowest BCUT2D eigenvalue weighted by atomic mass is 10.2. The van der Waals surface area contributed by atoms with E-state index in [1.165, 1.54) is 0 Å². The molecule has 0 aromatic carbocycles. The summed E-state index contributed by atoms with van der Waals surface area (Å²) in [4.78, 5) is 0. The molecule has 0 aliphatic heterocycles. The summed E-state index contributed by atoms with van der Waals surface area (Å²) in [5.41, 5.74) is 7.32. The van der Waals surface area contributed by atoms with E-state index in [0.29, 0.717) is 0 Å². The Kier molecular flexibility index (Phi) is 3.52. The fraction of sp³-hybridized carbons (Fsp3) is 0.250. The molecule has 9 heavy (non-hydrogen) atoms. The minimum atomic E-state index is 0.744. The Bertz CT molecular complexity index is 152. The van der Waals surface area contributed by atoms with Crippen molar-refractivity contribution in [2.45, 2.75) is 13.8 Å². The van der Waals surface area contributed by atoms with Gasteiger partial charge in [0.2, 0.25) is 0 Å². The summed E-state index contributed by atoms with van der Waals surface area (Å²) >= 11 is 0. The van der Waals surface area contributed by atoms with Crippen molar-refractivity contribution in [3.8, 4) is 0 Å². The van der Waals surface area contributed by atoms with Gasteiger partial charge in [0.1, 0.15) is 0 Å². The van der Waals surface area contributed by atoms with Crippen molar-refractivity contribution in [2.75, 3.05) is 0 Å². The highest BCUT2D eigenvalue weighted by Gasteiger charge is 1.84. The van der Waals surface area contributed by atoms with Gasteiger partial charge in [0, 0.05) is 5.70 Å². The Morgan fingerprint density at radius 3 is 2.44 bits per heavy atom. The van der Waals surface area contributed by atoms with E-state index in [9.17, 15) is 0 Å². The molecule has 0 aliphatic carbocycles. The average Bonchev–Trinajstić information content (AvgIpc) is 1.87. The van der Waals surface area contributed by atoms with Crippen LogP contribution in [0.15, 0.2) is 36.1 Å². The normalized spacial score (nSPS) is 13.6. The zero-order valence-electron chi connectivity index (χ0n) is 6.02. The summed E-state index contributed by atoms with van der Waals surface area (Å²) in [7, 11) is 0. The summed E-state index contributed by atoms with van der Waals surface area (Å²) in [6, 6.07) is 0. The smallest absolute Gasteiger partial charge is 0.0337 e. The summed E-state index contributed by atoms with van der Waals surface area (Å²) < 4.78 is 0. The van der Waals surface area contributed by atoms with E-state index in [-0.39, 0.29) is 0 Å². The number of rotatable bonds is 2. The van der Waals surface area contributed by atoms with Crippen molar-refractivity contribution in [2.24, 2.45) is 5.73 Å². The van der Waals surface area contributed by atoms with Crippen LogP contribution >= 0.6 is 0 Å². The molecular formula is C8H13N. The molecule has 50 valence electrons. The van der Waals surface area contributed by atoms with Gasteiger partial charge in [-0.05, 0) is 25.5 Å². The van der Waals surface area contributed by atoms with Crippen molar-refractivity contribution >= 4 is 0 Å². The summed E-state index contributed by atoms with van der Waals surface area (Å²) in [6.07, 6.45) is 5.55. The van der Waals surface area contributed by atoms with Gasteiger partial charge in [-0.1, -0.05) is 18.7 Å².